The van der Waals surface area contributed by atoms with Gasteiger partial charge in [-0.15, -0.1) is 0 Å². The predicted octanol–water partition coefficient (Wildman–Crippen LogP) is 2.27. The lowest BCUT2D eigenvalue weighted by atomic mass is 10.1. The van der Waals surface area contributed by atoms with Crippen LogP contribution in [0.4, 0.5) is 0 Å². The predicted molar refractivity (Wildman–Crippen MR) is 142 cm³/mol. The first-order chi connectivity index (χ1) is 18.5. The molecule has 1 aliphatic heterocycles. The fourth-order valence-electron chi connectivity index (χ4n) is 3.24. The van der Waals surface area contributed by atoms with Crippen molar-refractivity contribution in [3.8, 4) is 11.5 Å². The Hall–Kier alpha value is -4.43. The smallest absolute Gasteiger partial charge is 0.341 e. The molecule has 1 aliphatic rings. The van der Waals surface area contributed by atoms with Gasteiger partial charge in [-0.1, -0.05) is 42.2 Å². The minimum absolute atomic E-state index is 0.0225. The lowest BCUT2D eigenvalue weighted by Crippen LogP contribution is -2.41. The van der Waals surface area contributed by atoms with Gasteiger partial charge in [-0.05, 0) is 47.9 Å². The van der Waals surface area contributed by atoms with Crippen molar-refractivity contribution >= 4 is 64.1 Å². The van der Waals surface area contributed by atoms with Gasteiger partial charge in [0.2, 0.25) is 0 Å². The van der Waals surface area contributed by atoms with Gasteiger partial charge < -0.3 is 35.4 Å². The van der Waals surface area contributed by atoms with Crippen LogP contribution in [-0.2, 0) is 25.8 Å². The molecule has 0 unspecified atom stereocenters. The summed E-state index contributed by atoms with van der Waals surface area (Å²) < 4.78 is 11.5. The van der Waals surface area contributed by atoms with Gasteiger partial charge >= 0.3 is 17.9 Å². The van der Waals surface area contributed by atoms with Crippen molar-refractivity contribution in [1.29, 1.82) is 0 Å². The molecule has 204 valence electrons. The first-order valence-electron chi connectivity index (χ1n) is 11.2. The first-order valence-corrected chi connectivity index (χ1v) is 12.4. The Morgan fingerprint density at radius 2 is 1.72 bits per heavy atom. The minimum atomic E-state index is -1.35. The van der Waals surface area contributed by atoms with Crippen LogP contribution in [0.5, 0.6) is 11.5 Å². The molecular formula is C25H22N2O10S2. The standard InChI is InChI=1S/C25H22N2O10S2/c28-20(29)8-6-16(24(34)35)26-22(32)15-4-1-13(2-5-15)11-36-17-7-3-14(9-18(17)37-12-21(30)31)10-19-23(33)27-25(38)39-19/h1-5,7,9-10,16H,6,8,11-12H2,(H,26,32)(H,28,29)(H,30,31)(H,34,35)(H,27,33,38)/b19-10-/t16-/m1/s1. The van der Waals surface area contributed by atoms with Crippen molar-refractivity contribution in [2.45, 2.75) is 25.5 Å². The van der Waals surface area contributed by atoms with E-state index in [0.29, 0.717) is 20.4 Å². The largest absolute Gasteiger partial charge is 0.485 e. The van der Waals surface area contributed by atoms with Gasteiger partial charge in [0.15, 0.2) is 18.1 Å². The highest BCUT2D eigenvalue weighted by Crippen LogP contribution is 2.32. The fourth-order valence-corrected chi connectivity index (χ4v) is 4.28. The number of carbonyl (C=O) groups excluding carboxylic acids is 2. The molecular weight excluding hydrogens is 552 g/mol. The van der Waals surface area contributed by atoms with Crippen molar-refractivity contribution in [1.82, 2.24) is 10.6 Å². The minimum Gasteiger partial charge on any atom is -0.485 e. The third-order valence-corrected chi connectivity index (χ3v) is 6.28. The monoisotopic (exact) mass is 574 g/mol. The van der Waals surface area contributed by atoms with Crippen LogP contribution in [0.3, 0.4) is 0 Å². The maximum Gasteiger partial charge on any atom is 0.341 e. The summed E-state index contributed by atoms with van der Waals surface area (Å²) >= 11 is 6.07. The molecule has 2 aromatic carbocycles. The fraction of sp³-hybridized carbons (Fsp3) is 0.200. The molecule has 1 atom stereocenters. The number of hydrogen-bond acceptors (Lipinski definition) is 9. The van der Waals surface area contributed by atoms with Crippen molar-refractivity contribution < 1.29 is 48.8 Å². The lowest BCUT2D eigenvalue weighted by Gasteiger charge is -2.14. The second-order valence-electron chi connectivity index (χ2n) is 8.02. The number of rotatable bonds is 13. The van der Waals surface area contributed by atoms with E-state index in [9.17, 15) is 29.1 Å². The number of benzene rings is 2. The maximum atomic E-state index is 12.4. The molecule has 1 heterocycles. The summed E-state index contributed by atoms with van der Waals surface area (Å²) in [5.74, 6) is -4.35. The number of thioether (sulfide) groups is 1. The molecule has 14 heteroatoms. The molecule has 1 fully saturated rings. The second kappa shape index (κ2) is 13.4. The SMILES string of the molecule is O=C(O)CC[C@@H](NC(=O)c1ccc(COc2ccc(/C=C3\SC(=S)NC3=O)cc2OCC(=O)O)cc1)C(=O)O. The molecule has 1 saturated heterocycles. The highest BCUT2D eigenvalue weighted by atomic mass is 32.2. The Morgan fingerprint density at radius 1 is 1.00 bits per heavy atom. The Labute approximate surface area is 231 Å². The van der Waals surface area contributed by atoms with Gasteiger partial charge in [-0.2, -0.15) is 0 Å². The Balaban J connectivity index is 1.68. The Bertz CT molecular complexity index is 1340. The molecule has 0 spiro atoms. The van der Waals surface area contributed by atoms with E-state index in [0.717, 1.165) is 11.8 Å². The number of carbonyl (C=O) groups is 5. The highest BCUT2D eigenvalue weighted by molar-refractivity contribution is 8.26. The molecule has 2 aromatic rings. The van der Waals surface area contributed by atoms with Crippen LogP contribution in [-0.4, -0.2) is 62.0 Å². The van der Waals surface area contributed by atoms with Crippen LogP contribution in [0.1, 0.15) is 34.3 Å². The van der Waals surface area contributed by atoms with E-state index in [4.69, 9.17) is 31.9 Å². The number of thiocarbonyl (C=S) groups is 1. The lowest BCUT2D eigenvalue weighted by molar-refractivity contribution is -0.141. The second-order valence-corrected chi connectivity index (χ2v) is 9.74. The van der Waals surface area contributed by atoms with E-state index < -0.39 is 42.9 Å². The van der Waals surface area contributed by atoms with Crippen molar-refractivity contribution in [3.63, 3.8) is 0 Å². The Morgan fingerprint density at radius 3 is 2.31 bits per heavy atom. The molecule has 0 saturated carbocycles. The van der Waals surface area contributed by atoms with Crippen LogP contribution in [0, 0.1) is 0 Å². The highest BCUT2D eigenvalue weighted by Gasteiger charge is 2.23. The van der Waals surface area contributed by atoms with Crippen molar-refractivity contribution in [3.05, 3.63) is 64.1 Å². The van der Waals surface area contributed by atoms with Crippen LogP contribution >= 0.6 is 24.0 Å². The summed E-state index contributed by atoms with van der Waals surface area (Å²) in [5.41, 5.74) is 1.36. The number of ether oxygens (including phenoxy) is 2. The molecule has 12 nitrogen and oxygen atoms in total. The number of carboxylic acids is 3. The van der Waals surface area contributed by atoms with Gasteiger partial charge in [-0.25, -0.2) is 9.59 Å². The topological polar surface area (TPSA) is 189 Å². The third kappa shape index (κ3) is 8.83. The summed E-state index contributed by atoms with van der Waals surface area (Å²) in [6, 6.07) is 9.46. The molecule has 0 aliphatic carbocycles. The summed E-state index contributed by atoms with van der Waals surface area (Å²) in [7, 11) is 0. The number of carboxylic acid groups (broad SMARTS) is 3. The number of nitrogens with one attached hydrogen (secondary N) is 2. The number of amides is 2. The molecule has 0 bridgehead atoms. The van der Waals surface area contributed by atoms with Crippen LogP contribution in [0.25, 0.3) is 6.08 Å². The number of aliphatic carboxylic acids is 3. The van der Waals surface area contributed by atoms with Crippen molar-refractivity contribution in [2.24, 2.45) is 0 Å². The van der Waals surface area contributed by atoms with E-state index >= 15 is 0 Å². The maximum absolute atomic E-state index is 12.4. The zero-order valence-corrected chi connectivity index (χ0v) is 21.7. The molecule has 39 heavy (non-hydrogen) atoms. The van der Waals surface area contributed by atoms with Gasteiger partial charge in [0.1, 0.15) is 17.0 Å². The molecule has 5 N–H and O–H groups in total. The van der Waals surface area contributed by atoms with Crippen molar-refractivity contribution in [2.75, 3.05) is 6.61 Å². The average molecular weight is 575 g/mol. The van der Waals surface area contributed by atoms with Gasteiger partial charge in [0.25, 0.3) is 11.8 Å². The molecule has 0 radical (unpaired) electrons. The molecule has 0 aromatic heterocycles. The third-order valence-electron chi connectivity index (χ3n) is 5.12. The zero-order chi connectivity index (χ0) is 28.5. The van der Waals surface area contributed by atoms with Crippen LogP contribution in [0.15, 0.2) is 47.4 Å². The van der Waals surface area contributed by atoms with Crippen LogP contribution in [0.2, 0.25) is 0 Å². The molecule has 2 amide bonds. The summed E-state index contributed by atoms with van der Waals surface area (Å²) in [4.78, 5) is 57.7. The van der Waals surface area contributed by atoms with Gasteiger partial charge in [-0.3, -0.25) is 14.4 Å². The number of hydrogen-bond donors (Lipinski definition) is 5. The van der Waals surface area contributed by atoms with Crippen LogP contribution < -0.4 is 20.1 Å². The van der Waals surface area contributed by atoms with Gasteiger partial charge in [0, 0.05) is 12.0 Å². The van der Waals surface area contributed by atoms with E-state index in [1.807, 2.05) is 0 Å². The Kier molecular flexibility index (Phi) is 10.0. The molecule has 3 rings (SSSR count). The van der Waals surface area contributed by atoms with E-state index in [1.54, 1.807) is 30.3 Å². The van der Waals surface area contributed by atoms with E-state index in [-0.39, 0.29) is 36.0 Å². The first kappa shape index (κ1) is 29.1. The normalized spacial score (nSPS) is 14.4. The van der Waals surface area contributed by atoms with Gasteiger partial charge in [0.05, 0.1) is 4.91 Å². The summed E-state index contributed by atoms with van der Waals surface area (Å²) in [6.45, 7) is -0.599. The summed E-state index contributed by atoms with van der Waals surface area (Å²) in [6.07, 6.45) is 0.910. The quantitative estimate of drug-likeness (QED) is 0.174. The van der Waals surface area contributed by atoms with E-state index in [1.165, 1.54) is 18.2 Å². The van der Waals surface area contributed by atoms with E-state index in [2.05, 4.69) is 10.6 Å². The zero-order valence-electron chi connectivity index (χ0n) is 20.0. The average Bonchev–Trinajstić information content (AvgIpc) is 3.20. The summed E-state index contributed by atoms with van der Waals surface area (Å²) in [5, 5.41) is 31.8.